The van der Waals surface area contributed by atoms with Gasteiger partial charge in [-0.15, -0.1) is 0 Å². The van der Waals surface area contributed by atoms with E-state index in [1.165, 1.54) is 0 Å². The molecule has 3 aromatic rings. The Labute approximate surface area is 147 Å². The summed E-state index contributed by atoms with van der Waals surface area (Å²) < 4.78 is 19.4. The zero-order valence-corrected chi connectivity index (χ0v) is 14.4. The van der Waals surface area contributed by atoms with Gasteiger partial charge in [-0.1, -0.05) is 24.3 Å². The van der Waals surface area contributed by atoms with Gasteiger partial charge in [0.15, 0.2) is 11.5 Å². The molecule has 25 heavy (non-hydrogen) atoms. The second kappa shape index (κ2) is 7.15. The topological polar surface area (TPSA) is 45.5 Å². The van der Waals surface area contributed by atoms with Gasteiger partial charge in [0.05, 0.1) is 24.7 Å². The van der Waals surface area contributed by atoms with E-state index in [4.69, 9.17) is 19.2 Å². The van der Waals surface area contributed by atoms with Crippen LogP contribution < -0.4 is 9.47 Å². The fourth-order valence-electron chi connectivity index (χ4n) is 3.34. The summed E-state index contributed by atoms with van der Waals surface area (Å²) >= 11 is 0. The fourth-order valence-corrected chi connectivity index (χ4v) is 3.34. The number of imidazole rings is 1. The highest BCUT2D eigenvalue weighted by atomic mass is 16.5. The number of methoxy groups -OCH3 is 1. The molecular formula is C20H22N2O3. The van der Waals surface area contributed by atoms with Gasteiger partial charge in [0.1, 0.15) is 18.5 Å². The van der Waals surface area contributed by atoms with Crippen molar-refractivity contribution in [3.8, 4) is 11.5 Å². The number of para-hydroxylation sites is 4. The summed E-state index contributed by atoms with van der Waals surface area (Å²) in [7, 11) is 1.65. The van der Waals surface area contributed by atoms with Gasteiger partial charge in [-0.2, -0.15) is 0 Å². The van der Waals surface area contributed by atoms with E-state index >= 15 is 0 Å². The number of nitrogens with zero attached hydrogens (tertiary/aromatic N) is 2. The van der Waals surface area contributed by atoms with Crippen LogP contribution in [-0.4, -0.2) is 29.9 Å². The van der Waals surface area contributed by atoms with Crippen LogP contribution in [0.25, 0.3) is 11.0 Å². The molecule has 0 radical (unpaired) electrons. The first kappa shape index (κ1) is 16.0. The van der Waals surface area contributed by atoms with Crippen LogP contribution in [0.3, 0.4) is 0 Å². The van der Waals surface area contributed by atoms with Gasteiger partial charge in [-0.3, -0.25) is 0 Å². The molecule has 1 aliphatic heterocycles. The second-order valence-electron chi connectivity index (χ2n) is 6.11. The molecule has 0 bridgehead atoms. The summed E-state index contributed by atoms with van der Waals surface area (Å²) in [5.41, 5.74) is 2.13. The van der Waals surface area contributed by atoms with Crippen molar-refractivity contribution in [3.63, 3.8) is 0 Å². The van der Waals surface area contributed by atoms with Gasteiger partial charge in [0.25, 0.3) is 0 Å². The zero-order chi connectivity index (χ0) is 17.1. The number of hydrogen-bond donors (Lipinski definition) is 0. The maximum absolute atomic E-state index is 5.95. The van der Waals surface area contributed by atoms with Crippen molar-refractivity contribution in [2.45, 2.75) is 25.5 Å². The van der Waals surface area contributed by atoms with Crippen molar-refractivity contribution >= 4 is 11.0 Å². The summed E-state index contributed by atoms with van der Waals surface area (Å²) in [6.45, 7) is 2.07. The van der Waals surface area contributed by atoms with Crippen LogP contribution in [0.1, 0.15) is 24.8 Å². The molecule has 0 aliphatic carbocycles. The Morgan fingerprint density at radius 3 is 2.72 bits per heavy atom. The number of benzene rings is 2. The normalized spacial score (nSPS) is 17.1. The average molecular weight is 338 g/mol. The number of hydrogen-bond acceptors (Lipinski definition) is 4. The van der Waals surface area contributed by atoms with Gasteiger partial charge in [-0.25, -0.2) is 4.98 Å². The predicted molar refractivity (Wildman–Crippen MR) is 96.1 cm³/mol. The molecule has 0 amide bonds. The molecule has 4 rings (SSSR count). The molecule has 5 heteroatoms. The Kier molecular flexibility index (Phi) is 4.57. The van der Waals surface area contributed by atoms with Crippen LogP contribution in [-0.2, 0) is 11.3 Å². The van der Waals surface area contributed by atoms with Crippen LogP contribution in [0.15, 0.2) is 48.5 Å². The van der Waals surface area contributed by atoms with Crippen molar-refractivity contribution in [2.75, 3.05) is 20.3 Å². The van der Waals surface area contributed by atoms with Crippen LogP contribution in [0.4, 0.5) is 0 Å². The molecule has 0 N–H and O–H groups in total. The van der Waals surface area contributed by atoms with Crippen molar-refractivity contribution < 1.29 is 14.2 Å². The van der Waals surface area contributed by atoms with E-state index in [1.54, 1.807) is 7.11 Å². The maximum Gasteiger partial charge on any atom is 0.161 e. The standard InChI is InChI=1S/C20H22N2O3/c1-23-17-9-4-5-10-18(17)25-14-12-22-16-8-3-2-7-15(16)21-20(22)19-11-6-13-24-19/h2-5,7-10,19H,6,11-14H2,1H3/t19-/m0/s1. The van der Waals surface area contributed by atoms with E-state index < -0.39 is 0 Å². The first-order valence-corrected chi connectivity index (χ1v) is 8.69. The lowest BCUT2D eigenvalue weighted by Gasteiger charge is -2.15. The van der Waals surface area contributed by atoms with Gasteiger partial charge in [-0.05, 0) is 37.1 Å². The molecule has 130 valence electrons. The lowest BCUT2D eigenvalue weighted by atomic mass is 10.2. The van der Waals surface area contributed by atoms with Gasteiger partial charge < -0.3 is 18.8 Å². The van der Waals surface area contributed by atoms with Gasteiger partial charge in [0, 0.05) is 6.61 Å². The maximum atomic E-state index is 5.95. The number of rotatable bonds is 6. The SMILES string of the molecule is COc1ccccc1OCCn1c([C@@H]2CCCO2)nc2ccccc21. The second-order valence-corrected chi connectivity index (χ2v) is 6.11. The zero-order valence-electron chi connectivity index (χ0n) is 14.4. The molecule has 0 saturated carbocycles. The molecule has 1 aliphatic rings. The monoisotopic (exact) mass is 338 g/mol. The molecule has 0 spiro atoms. The highest BCUT2D eigenvalue weighted by molar-refractivity contribution is 5.76. The minimum absolute atomic E-state index is 0.0821. The minimum Gasteiger partial charge on any atom is -0.493 e. The quantitative estimate of drug-likeness (QED) is 0.682. The number of fused-ring (bicyclic) bond motifs is 1. The van der Waals surface area contributed by atoms with Gasteiger partial charge >= 0.3 is 0 Å². The largest absolute Gasteiger partial charge is 0.493 e. The predicted octanol–water partition coefficient (Wildman–Crippen LogP) is 3.98. The molecule has 5 nitrogen and oxygen atoms in total. The Hall–Kier alpha value is -2.53. The third-order valence-corrected chi connectivity index (χ3v) is 4.54. The van der Waals surface area contributed by atoms with Crippen molar-refractivity contribution in [3.05, 3.63) is 54.4 Å². The Bertz CT molecular complexity index is 853. The molecule has 2 aromatic carbocycles. The molecule has 1 fully saturated rings. The summed E-state index contributed by atoms with van der Waals surface area (Å²) in [4.78, 5) is 4.81. The van der Waals surface area contributed by atoms with E-state index in [2.05, 4.69) is 10.6 Å². The lowest BCUT2D eigenvalue weighted by Crippen LogP contribution is -2.14. The van der Waals surface area contributed by atoms with E-state index in [0.29, 0.717) is 13.2 Å². The Morgan fingerprint density at radius 2 is 1.92 bits per heavy atom. The highest BCUT2D eigenvalue weighted by Gasteiger charge is 2.24. The minimum atomic E-state index is 0.0821. The van der Waals surface area contributed by atoms with Crippen molar-refractivity contribution in [1.29, 1.82) is 0 Å². The lowest BCUT2D eigenvalue weighted by molar-refractivity contribution is 0.101. The van der Waals surface area contributed by atoms with Crippen LogP contribution in [0.2, 0.25) is 0 Å². The number of ether oxygens (including phenoxy) is 3. The molecular weight excluding hydrogens is 316 g/mol. The smallest absolute Gasteiger partial charge is 0.161 e. The van der Waals surface area contributed by atoms with Crippen LogP contribution in [0, 0.1) is 0 Å². The highest BCUT2D eigenvalue weighted by Crippen LogP contribution is 2.31. The third-order valence-electron chi connectivity index (χ3n) is 4.54. The Morgan fingerprint density at radius 1 is 1.12 bits per heavy atom. The van der Waals surface area contributed by atoms with E-state index in [0.717, 1.165) is 47.8 Å². The average Bonchev–Trinajstić information content (AvgIpc) is 3.30. The van der Waals surface area contributed by atoms with E-state index in [1.807, 2.05) is 42.5 Å². The third kappa shape index (κ3) is 3.20. The molecule has 2 heterocycles. The molecule has 1 aromatic heterocycles. The summed E-state index contributed by atoms with van der Waals surface area (Å²) in [6, 6.07) is 15.9. The first-order valence-electron chi connectivity index (χ1n) is 8.69. The Balaban J connectivity index is 1.56. The fraction of sp³-hybridized carbons (Fsp3) is 0.350. The van der Waals surface area contributed by atoms with Crippen LogP contribution in [0.5, 0.6) is 11.5 Å². The van der Waals surface area contributed by atoms with Crippen molar-refractivity contribution in [2.24, 2.45) is 0 Å². The summed E-state index contributed by atoms with van der Waals surface area (Å²) in [5, 5.41) is 0. The molecule has 1 saturated heterocycles. The van der Waals surface area contributed by atoms with E-state index in [-0.39, 0.29) is 6.10 Å². The van der Waals surface area contributed by atoms with Crippen molar-refractivity contribution in [1.82, 2.24) is 9.55 Å². The van der Waals surface area contributed by atoms with Gasteiger partial charge in [0.2, 0.25) is 0 Å². The first-order chi connectivity index (χ1) is 12.4. The van der Waals surface area contributed by atoms with E-state index in [9.17, 15) is 0 Å². The summed E-state index contributed by atoms with van der Waals surface area (Å²) in [6.07, 6.45) is 2.20. The van der Waals surface area contributed by atoms with Crippen LogP contribution >= 0.6 is 0 Å². The number of aromatic nitrogens is 2. The molecule has 0 unspecified atom stereocenters. The molecule has 1 atom stereocenters. The summed E-state index contributed by atoms with van der Waals surface area (Å²) in [5.74, 6) is 2.51.